The second-order valence-corrected chi connectivity index (χ2v) is 7.41. The molecule has 3 rings (SSSR count). The van der Waals surface area contributed by atoms with Gasteiger partial charge in [-0.25, -0.2) is 18.8 Å². The number of hydrogen-bond donors (Lipinski definition) is 2. The zero-order valence-corrected chi connectivity index (χ0v) is 18.1. The Morgan fingerprint density at radius 3 is 2.74 bits per heavy atom. The summed E-state index contributed by atoms with van der Waals surface area (Å²) in [5, 5.41) is 0.418. The summed E-state index contributed by atoms with van der Waals surface area (Å²) in [7, 11) is 3.08. The van der Waals surface area contributed by atoms with Gasteiger partial charge >= 0.3 is 0 Å². The second kappa shape index (κ2) is 10.2. The molecule has 1 heterocycles. The van der Waals surface area contributed by atoms with Gasteiger partial charge in [0.25, 0.3) is 0 Å². The Kier molecular flexibility index (Phi) is 7.43. The van der Waals surface area contributed by atoms with Crippen LogP contribution in [0.4, 0.5) is 20.2 Å². The third-order valence-corrected chi connectivity index (χ3v) is 5.16. The van der Waals surface area contributed by atoms with Crippen molar-refractivity contribution in [1.29, 1.82) is 0 Å². The highest BCUT2D eigenvalue weighted by molar-refractivity contribution is 8.00. The SMILES string of the molecule is CN=Cc1cc(-c2cc(NSc3cc(Cl)cnc3OC)cc(F)c2F)ccc1N=CN. The molecule has 2 aromatic carbocycles. The fourth-order valence-corrected chi connectivity index (χ4v) is 3.75. The van der Waals surface area contributed by atoms with Crippen molar-refractivity contribution in [2.24, 2.45) is 15.7 Å². The minimum absolute atomic E-state index is 0.0771. The van der Waals surface area contributed by atoms with Crippen molar-refractivity contribution in [3.8, 4) is 17.0 Å². The van der Waals surface area contributed by atoms with Gasteiger partial charge in [-0.05, 0) is 41.8 Å². The highest BCUT2D eigenvalue weighted by Crippen LogP contribution is 2.34. The molecule has 0 unspecified atom stereocenters. The normalized spacial score (nSPS) is 11.4. The van der Waals surface area contributed by atoms with E-state index in [0.29, 0.717) is 38.3 Å². The summed E-state index contributed by atoms with van der Waals surface area (Å²) in [4.78, 5) is 12.7. The minimum atomic E-state index is -0.994. The van der Waals surface area contributed by atoms with Gasteiger partial charge in [0.1, 0.15) is 0 Å². The lowest BCUT2D eigenvalue weighted by molar-refractivity contribution is 0.387. The standard InChI is InChI=1S/C21H18ClF2N5OS/c1-26-9-13-5-12(3-4-18(13)28-11-25)16-7-15(8-17(23)20(16)24)29-31-19-6-14(22)10-27-21(19)30-2/h3-11,29H,1-2H3,(H2,25,28). The maximum absolute atomic E-state index is 14.6. The third kappa shape index (κ3) is 5.31. The Bertz CT molecular complexity index is 1160. The van der Waals surface area contributed by atoms with Crippen LogP contribution >= 0.6 is 23.5 Å². The van der Waals surface area contributed by atoms with Gasteiger partial charge in [-0.15, -0.1) is 0 Å². The molecule has 6 nitrogen and oxygen atoms in total. The summed E-state index contributed by atoms with van der Waals surface area (Å²) in [6, 6.07) is 9.17. The molecular weight excluding hydrogens is 444 g/mol. The van der Waals surface area contributed by atoms with E-state index in [1.165, 1.54) is 19.4 Å². The van der Waals surface area contributed by atoms with E-state index in [4.69, 9.17) is 22.1 Å². The largest absolute Gasteiger partial charge is 0.480 e. The Morgan fingerprint density at radius 2 is 2.03 bits per heavy atom. The van der Waals surface area contributed by atoms with E-state index in [-0.39, 0.29) is 5.56 Å². The van der Waals surface area contributed by atoms with E-state index in [9.17, 15) is 8.78 Å². The smallest absolute Gasteiger partial charge is 0.228 e. The lowest BCUT2D eigenvalue weighted by Crippen LogP contribution is -1.97. The topological polar surface area (TPSA) is 84.9 Å². The number of anilines is 1. The number of aliphatic imine (C=N–C) groups is 2. The molecule has 0 radical (unpaired) electrons. The van der Waals surface area contributed by atoms with Crippen molar-refractivity contribution in [3.05, 3.63) is 64.8 Å². The molecule has 0 aliphatic heterocycles. The van der Waals surface area contributed by atoms with Crippen LogP contribution in [0.2, 0.25) is 5.02 Å². The van der Waals surface area contributed by atoms with E-state index in [2.05, 4.69) is 19.7 Å². The van der Waals surface area contributed by atoms with Crippen LogP contribution in [-0.4, -0.2) is 31.7 Å². The van der Waals surface area contributed by atoms with Gasteiger partial charge in [0.15, 0.2) is 11.6 Å². The minimum Gasteiger partial charge on any atom is -0.480 e. The summed E-state index contributed by atoms with van der Waals surface area (Å²) < 4.78 is 37.2. The zero-order chi connectivity index (χ0) is 22.4. The van der Waals surface area contributed by atoms with E-state index in [0.717, 1.165) is 24.4 Å². The number of benzene rings is 2. The van der Waals surface area contributed by atoms with Crippen molar-refractivity contribution < 1.29 is 13.5 Å². The molecule has 0 saturated heterocycles. The lowest BCUT2D eigenvalue weighted by atomic mass is 10.0. The van der Waals surface area contributed by atoms with Crippen LogP contribution in [0.5, 0.6) is 5.88 Å². The Balaban J connectivity index is 1.97. The number of halogens is 3. The third-order valence-electron chi connectivity index (χ3n) is 4.11. The van der Waals surface area contributed by atoms with Crippen LogP contribution < -0.4 is 15.2 Å². The predicted octanol–water partition coefficient (Wildman–Crippen LogP) is 5.48. The van der Waals surface area contributed by atoms with Crippen LogP contribution in [0.15, 0.2) is 57.5 Å². The monoisotopic (exact) mass is 461 g/mol. The first-order valence-electron chi connectivity index (χ1n) is 8.89. The molecule has 0 spiro atoms. The number of ether oxygens (including phenoxy) is 1. The summed E-state index contributed by atoms with van der Waals surface area (Å²) in [6.07, 6.45) is 4.18. The quantitative estimate of drug-likeness (QED) is 0.276. The van der Waals surface area contributed by atoms with Crippen molar-refractivity contribution in [3.63, 3.8) is 0 Å². The van der Waals surface area contributed by atoms with Crippen molar-refractivity contribution in [1.82, 2.24) is 4.98 Å². The average Bonchev–Trinajstić information content (AvgIpc) is 2.76. The van der Waals surface area contributed by atoms with Gasteiger partial charge in [-0.2, -0.15) is 0 Å². The summed E-state index contributed by atoms with van der Waals surface area (Å²) in [5.41, 5.74) is 7.42. The first-order valence-corrected chi connectivity index (χ1v) is 10.1. The molecule has 3 aromatic rings. The first kappa shape index (κ1) is 22.5. The maximum Gasteiger partial charge on any atom is 0.228 e. The number of nitrogens with zero attached hydrogens (tertiary/aromatic N) is 3. The van der Waals surface area contributed by atoms with Gasteiger partial charge in [0, 0.05) is 42.3 Å². The molecule has 0 fully saturated rings. The van der Waals surface area contributed by atoms with Gasteiger partial charge < -0.3 is 15.2 Å². The van der Waals surface area contributed by atoms with Gasteiger partial charge in [-0.3, -0.25) is 4.99 Å². The van der Waals surface area contributed by atoms with E-state index < -0.39 is 11.6 Å². The molecule has 0 atom stereocenters. The van der Waals surface area contributed by atoms with Crippen molar-refractivity contribution >= 4 is 47.5 Å². The van der Waals surface area contributed by atoms with Gasteiger partial charge in [0.2, 0.25) is 5.88 Å². The molecule has 1 aromatic heterocycles. The molecule has 31 heavy (non-hydrogen) atoms. The number of nitrogens with two attached hydrogens (primary N) is 1. The van der Waals surface area contributed by atoms with E-state index in [1.54, 1.807) is 37.5 Å². The highest BCUT2D eigenvalue weighted by atomic mass is 35.5. The highest BCUT2D eigenvalue weighted by Gasteiger charge is 2.15. The van der Waals surface area contributed by atoms with Crippen molar-refractivity contribution in [2.45, 2.75) is 4.90 Å². The maximum atomic E-state index is 14.6. The van der Waals surface area contributed by atoms with Gasteiger partial charge in [-0.1, -0.05) is 17.7 Å². The number of rotatable bonds is 7. The molecular formula is C21H18ClF2N5OS. The number of nitrogens with one attached hydrogen (secondary N) is 1. The predicted molar refractivity (Wildman–Crippen MR) is 123 cm³/mol. The van der Waals surface area contributed by atoms with Crippen LogP contribution in [0, 0.1) is 11.6 Å². The number of hydrogen-bond acceptors (Lipinski definition) is 6. The van der Waals surface area contributed by atoms with Crippen LogP contribution in [0.3, 0.4) is 0 Å². The molecule has 0 aliphatic rings. The van der Waals surface area contributed by atoms with Crippen LogP contribution in [0.1, 0.15) is 5.56 Å². The molecule has 0 amide bonds. The summed E-state index contributed by atoms with van der Waals surface area (Å²) in [6.45, 7) is 0. The van der Waals surface area contributed by atoms with Crippen LogP contribution in [0.25, 0.3) is 11.1 Å². The first-order chi connectivity index (χ1) is 15.0. The zero-order valence-electron chi connectivity index (χ0n) is 16.6. The molecule has 0 aliphatic carbocycles. The molecule has 0 saturated carbocycles. The molecule has 160 valence electrons. The number of pyridine rings is 1. The number of methoxy groups -OCH3 is 1. The lowest BCUT2D eigenvalue weighted by Gasteiger charge is -2.12. The summed E-state index contributed by atoms with van der Waals surface area (Å²) in [5.74, 6) is -1.61. The van der Waals surface area contributed by atoms with Gasteiger partial charge in [0.05, 0.1) is 29.1 Å². The second-order valence-electron chi connectivity index (χ2n) is 6.12. The molecule has 0 bridgehead atoms. The van der Waals surface area contributed by atoms with E-state index >= 15 is 0 Å². The van der Waals surface area contributed by atoms with E-state index in [1.807, 2.05) is 0 Å². The van der Waals surface area contributed by atoms with Crippen molar-refractivity contribution in [2.75, 3.05) is 18.9 Å². The Hall–Kier alpha value is -3.17. The number of aromatic nitrogens is 1. The fraction of sp³-hybridized carbons (Fsp3) is 0.0952. The van der Waals surface area contributed by atoms with Crippen LogP contribution in [-0.2, 0) is 0 Å². The Morgan fingerprint density at radius 1 is 1.23 bits per heavy atom. The average molecular weight is 462 g/mol. The molecule has 10 heteroatoms. The Labute approximate surface area is 187 Å². The fourth-order valence-electron chi connectivity index (χ4n) is 2.77. The summed E-state index contributed by atoms with van der Waals surface area (Å²) >= 11 is 7.10. The molecule has 3 N–H and O–H groups in total.